The van der Waals surface area contributed by atoms with Gasteiger partial charge in [-0.1, -0.05) is 0 Å². The Morgan fingerprint density at radius 1 is 1.67 bits per heavy atom. The first-order valence-electron chi connectivity index (χ1n) is 2.89. The zero-order chi connectivity index (χ0) is 6.85. The molecule has 1 heterocycles. The van der Waals surface area contributed by atoms with Gasteiger partial charge in [0.25, 0.3) is 0 Å². The second-order valence-electron chi connectivity index (χ2n) is 2.17. The Morgan fingerprint density at radius 3 is 2.78 bits per heavy atom. The number of aliphatic hydroxyl groups excluding tert-OH is 1. The number of hydrogen-bond acceptors (Lipinski definition) is 2. The maximum Gasteiger partial charge on any atom is 0.111 e. The molecule has 0 radical (unpaired) electrons. The van der Waals surface area contributed by atoms with Gasteiger partial charge < -0.3 is 5.11 Å². The Morgan fingerprint density at radius 2 is 2.33 bits per heavy atom. The van der Waals surface area contributed by atoms with Gasteiger partial charge in [-0.05, 0) is 6.42 Å². The predicted octanol–water partition coefficient (Wildman–Crippen LogP) is 0.455. The summed E-state index contributed by atoms with van der Waals surface area (Å²) in [6.45, 7) is 0. The third-order valence-electron chi connectivity index (χ3n) is 1.39. The fourth-order valence-corrected chi connectivity index (χ4v) is 2.49. The van der Waals surface area contributed by atoms with E-state index in [0.29, 0.717) is 18.6 Å². The van der Waals surface area contributed by atoms with Crippen LogP contribution < -0.4 is 0 Å². The number of halogens is 1. The van der Waals surface area contributed by atoms with E-state index < -0.39 is 10.8 Å². The van der Waals surface area contributed by atoms with E-state index in [2.05, 4.69) is 0 Å². The Labute approximate surface area is 61.7 Å². The summed E-state index contributed by atoms with van der Waals surface area (Å²) in [4.78, 5) is 0. The summed E-state index contributed by atoms with van der Waals surface area (Å²) in [5.74, 6) is 0.551. The van der Waals surface area contributed by atoms with Crippen molar-refractivity contribution in [2.45, 2.75) is 23.7 Å². The van der Waals surface area contributed by atoms with E-state index in [-0.39, 0.29) is 10.8 Å². The molecule has 0 aromatic rings. The first kappa shape index (κ1) is 7.51. The van der Waals surface area contributed by atoms with E-state index in [0.717, 1.165) is 0 Å². The van der Waals surface area contributed by atoms with Crippen LogP contribution >= 0.6 is 11.6 Å². The molecule has 9 heavy (non-hydrogen) atoms. The molecule has 0 aliphatic carbocycles. The zero-order valence-corrected chi connectivity index (χ0v) is 6.49. The van der Waals surface area contributed by atoms with Gasteiger partial charge >= 0.3 is 0 Å². The molecule has 3 unspecified atom stereocenters. The summed E-state index contributed by atoms with van der Waals surface area (Å²) in [5, 5.41) is 8.98. The normalized spacial score (nSPS) is 44.9. The molecule has 1 N–H and O–H groups in total. The average molecular weight is 169 g/mol. The summed E-state index contributed by atoms with van der Waals surface area (Å²) in [5.41, 5.74) is 0. The van der Waals surface area contributed by atoms with Gasteiger partial charge in [-0.2, -0.15) is 0 Å². The Hall–Kier alpha value is 0.400. The van der Waals surface area contributed by atoms with E-state index >= 15 is 0 Å². The van der Waals surface area contributed by atoms with Crippen LogP contribution in [0.25, 0.3) is 0 Å². The van der Waals surface area contributed by atoms with Gasteiger partial charge in [-0.3, -0.25) is 4.21 Å². The first-order valence-corrected chi connectivity index (χ1v) is 4.71. The maximum atomic E-state index is 10.8. The van der Waals surface area contributed by atoms with Crippen LogP contribution in [0.1, 0.15) is 12.8 Å². The summed E-state index contributed by atoms with van der Waals surface area (Å²) in [6, 6.07) is 0. The largest absolute Gasteiger partial charge is 0.393 e. The molecule has 0 aromatic carbocycles. The second kappa shape index (κ2) is 2.99. The molecule has 1 rings (SSSR count). The molecular formula is C5H9ClO2S. The first-order chi connectivity index (χ1) is 4.20. The molecule has 2 nitrogen and oxygen atoms in total. The van der Waals surface area contributed by atoms with E-state index in [1.165, 1.54) is 0 Å². The minimum absolute atomic E-state index is 0.325. The van der Waals surface area contributed by atoms with Crippen LogP contribution in [0.4, 0.5) is 0 Å². The van der Waals surface area contributed by atoms with Gasteiger partial charge in [0.1, 0.15) is 4.71 Å². The molecule has 0 spiro atoms. The fourth-order valence-electron chi connectivity index (χ4n) is 0.819. The summed E-state index contributed by atoms with van der Waals surface area (Å²) in [7, 11) is -0.900. The quantitative estimate of drug-likeness (QED) is 0.534. The standard InChI is InChI=1S/C5H9ClO2S/c6-5-3-4(7)1-2-9(5)8/h4-5,7H,1-3H2. The van der Waals surface area contributed by atoms with E-state index in [9.17, 15) is 4.21 Å². The molecule has 0 bridgehead atoms. The van der Waals surface area contributed by atoms with Crippen LogP contribution in [-0.2, 0) is 10.8 Å². The zero-order valence-electron chi connectivity index (χ0n) is 4.92. The number of alkyl halides is 1. The molecular weight excluding hydrogens is 160 g/mol. The van der Waals surface area contributed by atoms with Crippen LogP contribution in [0.2, 0.25) is 0 Å². The highest BCUT2D eigenvalue weighted by atomic mass is 35.5. The molecule has 1 aliphatic rings. The topological polar surface area (TPSA) is 37.3 Å². The molecule has 3 atom stereocenters. The smallest absolute Gasteiger partial charge is 0.111 e. The SMILES string of the molecule is O=S1CCC(O)CC1Cl. The molecule has 0 saturated carbocycles. The van der Waals surface area contributed by atoms with Gasteiger partial charge in [0.2, 0.25) is 0 Å². The Bertz CT molecular complexity index is 128. The van der Waals surface area contributed by atoms with E-state index in [1.807, 2.05) is 0 Å². The predicted molar refractivity (Wildman–Crippen MR) is 37.9 cm³/mol. The van der Waals surface area contributed by atoms with E-state index in [4.69, 9.17) is 16.7 Å². The van der Waals surface area contributed by atoms with Crippen LogP contribution in [0, 0.1) is 0 Å². The van der Waals surface area contributed by atoms with Crippen molar-refractivity contribution in [2.75, 3.05) is 5.75 Å². The van der Waals surface area contributed by atoms with Crippen molar-refractivity contribution in [1.29, 1.82) is 0 Å². The molecule has 0 amide bonds. The third-order valence-corrected chi connectivity index (χ3v) is 3.57. The van der Waals surface area contributed by atoms with E-state index in [1.54, 1.807) is 0 Å². The minimum atomic E-state index is -0.900. The van der Waals surface area contributed by atoms with Gasteiger partial charge in [0.15, 0.2) is 0 Å². The van der Waals surface area contributed by atoms with Crippen molar-refractivity contribution in [3.8, 4) is 0 Å². The monoisotopic (exact) mass is 168 g/mol. The summed E-state index contributed by atoms with van der Waals surface area (Å²) in [6.07, 6.45) is 0.787. The lowest BCUT2D eigenvalue weighted by Gasteiger charge is -2.19. The van der Waals surface area contributed by atoms with Crippen molar-refractivity contribution >= 4 is 22.4 Å². The number of rotatable bonds is 0. The van der Waals surface area contributed by atoms with Crippen molar-refractivity contribution in [2.24, 2.45) is 0 Å². The molecule has 0 aromatic heterocycles. The summed E-state index contributed by atoms with van der Waals surface area (Å²) >= 11 is 5.60. The molecule has 1 saturated heterocycles. The fraction of sp³-hybridized carbons (Fsp3) is 1.00. The second-order valence-corrected chi connectivity index (χ2v) is 4.70. The molecule has 54 valence electrons. The highest BCUT2D eigenvalue weighted by molar-refractivity contribution is 7.87. The Balaban J connectivity index is 2.44. The number of aliphatic hydroxyl groups is 1. The lowest BCUT2D eigenvalue weighted by atomic mass is 10.2. The Kier molecular flexibility index (Phi) is 2.50. The van der Waals surface area contributed by atoms with Crippen molar-refractivity contribution in [3.05, 3.63) is 0 Å². The van der Waals surface area contributed by atoms with Crippen LogP contribution in [-0.4, -0.2) is 25.9 Å². The van der Waals surface area contributed by atoms with Gasteiger partial charge in [-0.15, -0.1) is 11.6 Å². The van der Waals surface area contributed by atoms with Crippen molar-refractivity contribution < 1.29 is 9.32 Å². The van der Waals surface area contributed by atoms with Gasteiger partial charge in [0.05, 0.1) is 6.10 Å². The van der Waals surface area contributed by atoms with Crippen LogP contribution in [0.15, 0.2) is 0 Å². The molecule has 4 heteroatoms. The summed E-state index contributed by atoms with van der Waals surface area (Å²) < 4.78 is 10.5. The molecule has 1 fully saturated rings. The highest BCUT2D eigenvalue weighted by Crippen LogP contribution is 2.19. The van der Waals surface area contributed by atoms with Crippen LogP contribution in [0.3, 0.4) is 0 Å². The third kappa shape index (κ3) is 1.92. The molecule has 1 aliphatic heterocycles. The average Bonchev–Trinajstić information content (AvgIpc) is 1.80. The lowest BCUT2D eigenvalue weighted by molar-refractivity contribution is 0.161. The van der Waals surface area contributed by atoms with Gasteiger partial charge in [0, 0.05) is 23.0 Å². The maximum absolute atomic E-state index is 10.8. The van der Waals surface area contributed by atoms with Crippen molar-refractivity contribution in [1.82, 2.24) is 0 Å². The minimum Gasteiger partial charge on any atom is -0.393 e. The lowest BCUT2D eigenvalue weighted by Crippen LogP contribution is -2.27. The van der Waals surface area contributed by atoms with Crippen molar-refractivity contribution in [3.63, 3.8) is 0 Å². The van der Waals surface area contributed by atoms with Crippen LogP contribution in [0.5, 0.6) is 0 Å². The number of hydrogen-bond donors (Lipinski definition) is 1. The van der Waals surface area contributed by atoms with Gasteiger partial charge in [-0.25, -0.2) is 0 Å². The highest BCUT2D eigenvalue weighted by Gasteiger charge is 2.23.